The van der Waals surface area contributed by atoms with Crippen LogP contribution in [0.25, 0.3) is 44.7 Å². The normalized spacial score (nSPS) is 44.8. The zero-order valence-corrected chi connectivity index (χ0v) is 79.8. The molecular weight excluding hydrogens is 1950 g/mol. The van der Waals surface area contributed by atoms with Gasteiger partial charge < -0.3 is 101 Å². The average Bonchev–Trinajstić information content (AvgIpc) is 1.49. The van der Waals surface area contributed by atoms with E-state index in [0.717, 1.165) is 35.3 Å². The lowest BCUT2D eigenvalue weighted by molar-refractivity contribution is -0.0629. The van der Waals surface area contributed by atoms with Crippen LogP contribution in [0.5, 0.6) is 0 Å². The van der Waals surface area contributed by atoms with Crippen LogP contribution in [0, 0.1) is 51.0 Å². The predicted octanol–water partition coefficient (Wildman–Crippen LogP) is 8.73. The van der Waals surface area contributed by atoms with Gasteiger partial charge in [-0.05, 0) is 148 Å². The van der Waals surface area contributed by atoms with Crippen molar-refractivity contribution >= 4 is 115 Å². The number of ether oxygens (including phenoxy) is 4. The van der Waals surface area contributed by atoms with Gasteiger partial charge in [0.15, 0.2) is 88.6 Å². The molecule has 144 heavy (non-hydrogen) atoms. The molecule has 12 aromatic rings. The molecule has 4 aromatic carbocycles. The number of thioether (sulfide) groups is 4. The van der Waals surface area contributed by atoms with Crippen LogP contribution in [0.15, 0.2) is 93.1 Å². The summed E-state index contributed by atoms with van der Waals surface area (Å²) >= 11 is 3.58. The molecule has 0 aliphatic heterocycles. The van der Waals surface area contributed by atoms with Crippen molar-refractivity contribution in [3.8, 4) is 0 Å². The third-order valence-corrected chi connectivity index (χ3v) is 25.3. The number of fused-ring (bicyclic) bond motifs is 4. The van der Waals surface area contributed by atoms with E-state index in [9.17, 15) is 78.8 Å². The van der Waals surface area contributed by atoms with Gasteiger partial charge in [0, 0.05) is 110 Å². The van der Waals surface area contributed by atoms with Gasteiger partial charge in [0.2, 0.25) is 0 Å². The minimum absolute atomic E-state index is 0.0629. The van der Waals surface area contributed by atoms with Crippen molar-refractivity contribution in [2.24, 2.45) is 0 Å². The Hall–Kier alpha value is -9.52. The third kappa shape index (κ3) is 23.8. The second kappa shape index (κ2) is 47.3. The van der Waals surface area contributed by atoms with Crippen LogP contribution >= 0.6 is 47.0 Å². The fourth-order valence-corrected chi connectivity index (χ4v) is 16.3. The Labute approximate surface area is 913 Å². The number of nitrogens with one attached hydrogen (secondary N) is 4. The summed E-state index contributed by atoms with van der Waals surface area (Å²) in [6.45, 7) is -7.18. The fourth-order valence-electron chi connectivity index (χ4n) is 13.7. The Morgan fingerprint density at radius 2 is 0.646 bits per heavy atom. The number of rotatable bonds is 40. The lowest BCUT2D eigenvalue weighted by atomic mass is 10.1. The molecule has 0 unspecified atom stereocenters. The van der Waals surface area contributed by atoms with Crippen LogP contribution < -0.4 is 21.3 Å². The van der Waals surface area contributed by atoms with Gasteiger partial charge in [-0.2, -0.15) is 0 Å². The van der Waals surface area contributed by atoms with Crippen molar-refractivity contribution in [1.29, 1.82) is 0 Å². The molecule has 24 atom stereocenters. The van der Waals surface area contributed by atoms with Gasteiger partial charge in [0.05, 0.1) is 156 Å². The number of hydrogen-bond acceptors (Lipinski definition) is 40. The summed E-state index contributed by atoms with van der Waals surface area (Å²) in [5.74, 6) is -8.02. The zero-order chi connectivity index (χ0) is 147. The highest BCUT2D eigenvalue weighted by Gasteiger charge is 2.51. The molecule has 0 saturated heterocycles. The second-order valence-corrected chi connectivity index (χ2v) is 35.6. The molecule has 8 aromatic heterocycles. The molecule has 776 valence electrons. The van der Waals surface area contributed by atoms with Crippen LogP contribution in [0.1, 0.15) is 265 Å². The molecule has 8 saturated carbocycles. The first-order valence-corrected chi connectivity index (χ1v) is 47.4. The maximum Gasteiger partial charge on any atom is 0.191 e. The standard InChI is InChI=1S/4C24H31FN6O4S/c4*1-3-8-36-24-27-22(26-16-10-14(16)13-5-4-12(2)15(25)9-13)19-23(28-24)31(30-29-19)17-11-18(35-7-6-32)21(34)20(17)33/h4*4-5,9,14,16-18,20-21,32-34H,3,6-8,10-11H2,1-2H3,(H,26,27,28)/t4*14-,16+,17+,18-,20-,21+/m0000/s1/i4D,5D,6D2,7D2,9D,11D2,16D,17D,18D,20D,21D;4D,5D,8D2,9D,11D2,16D,17D,18D,20D,21D;4D,5D,7D2,9D,11D2,16D,17D,18D,20D,21D;4D,5D,6D2,9D,11D2,16D,17D,18D,20D,21D. The van der Waals surface area contributed by atoms with E-state index in [0.29, 0.717) is 48.3 Å². The summed E-state index contributed by atoms with van der Waals surface area (Å²) in [4.78, 5) is 34.1. The lowest BCUT2D eigenvalue weighted by Crippen LogP contribution is -2.33. The van der Waals surface area contributed by atoms with E-state index in [-0.39, 0.29) is 145 Å². The molecular formula is C96H124F4N24O16S4. The van der Waals surface area contributed by atoms with Gasteiger partial charge >= 0.3 is 0 Å². The SMILES string of the molecule is [2H]c1c([2H])c([C@@H]2C[C@@]2([2H])Nc2nc(SC([2H])([2H])CC)nc3c2nnn3[C@]2([2H])C([2H])([2H])[C@]([2H])(OCCO)[C@@]([2H])(O)[C@@]2([2H])O)c([2H])c(F)c1C.[2H]c1c([2H])c([C@@H]2C[C@@]2([2H])Nc2nc(SCCC)nc3c2nnn3[C@]2([2H])C([2H])([2H])[C@]([2H])(OC([2H])([2H])C([2H])([2H])O)[C@@]([2H])(O)[C@@]2([2H])O)c([2H])c(F)c1C.[2H]c1c([2H])c([C@@H]2C[C@@]2([2H])Nc2nc(SCCC)nc3c2nnn3[C@]2([2H])C([2H])([2H])[C@]([2H])(OC([2H])([2H])CO)[C@@]([2H])(O)[C@@]2([2H])O)c([2H])c(F)c1C.[2H]c1c([2H])c([C@@H]2C[C@@]2([2H])Nc2nc(SCCC)nc3c2nnn3[C@]2([2H])C([2H])([2H])[C@]([2H])(OCC([2H])([2H])O)[C@@]([2H])(O)[C@@]2([2H])O)c([2H])c(F)c1C. The number of hydrogen-bond donors (Lipinski definition) is 16. The number of benzene rings is 4. The number of aliphatic hydroxyl groups is 12. The molecule has 8 heterocycles. The lowest BCUT2D eigenvalue weighted by Gasteiger charge is -2.17. The zero-order valence-electron chi connectivity index (χ0n) is 127. The van der Waals surface area contributed by atoms with Crippen LogP contribution in [-0.2, 0) is 18.9 Å². The van der Waals surface area contributed by atoms with E-state index in [1.165, 1.54) is 34.6 Å². The van der Waals surface area contributed by atoms with E-state index < -0.39 is 363 Å². The van der Waals surface area contributed by atoms with Gasteiger partial charge in [-0.15, -0.1) is 20.4 Å². The number of halogens is 4. The molecule has 8 aliphatic rings. The van der Waals surface area contributed by atoms with Crippen molar-refractivity contribution in [1.82, 2.24) is 99.8 Å². The maximum absolute atomic E-state index is 14.7. The summed E-state index contributed by atoms with van der Waals surface area (Å²) < 4.78 is 497. The molecule has 20 rings (SSSR count). The molecule has 8 fully saturated rings. The van der Waals surface area contributed by atoms with Gasteiger partial charge in [0.25, 0.3) is 0 Å². The quantitative estimate of drug-likeness (QED) is 0.00969. The Bertz CT molecular complexity index is 9240. The number of aliphatic hydroxyl groups excluding tert-OH is 2. The molecule has 0 spiro atoms. The minimum Gasteiger partial charge on any atom is -0.394 e. The molecule has 0 amide bonds. The summed E-state index contributed by atoms with van der Waals surface area (Å²) in [7, 11) is 0. The molecule has 48 heteroatoms. The van der Waals surface area contributed by atoms with E-state index in [1.54, 1.807) is 0 Å². The topological polar surface area (TPSA) is 554 Å². The van der Waals surface area contributed by atoms with Crippen molar-refractivity contribution in [2.75, 3.05) is 96.9 Å². The van der Waals surface area contributed by atoms with E-state index in [2.05, 4.69) is 107 Å². The average molecular weight is 2120 g/mol. The largest absolute Gasteiger partial charge is 0.394 e. The molecule has 0 bridgehead atoms. The number of anilines is 4. The highest BCUT2D eigenvalue weighted by molar-refractivity contribution is 7.99. The molecule has 40 nitrogen and oxygen atoms in total. The Kier molecular flexibility index (Phi) is 19.6. The van der Waals surface area contributed by atoms with Gasteiger partial charge in [-0.1, -0.05) is 144 Å². The van der Waals surface area contributed by atoms with Crippen LogP contribution in [0.3, 0.4) is 0 Å². The van der Waals surface area contributed by atoms with Gasteiger partial charge in [-0.25, -0.2) is 76.2 Å². The first-order valence-electron chi connectivity index (χ1n) is 68.7. The number of aromatic nitrogens is 20. The molecule has 0 radical (unpaired) electrons. The van der Waals surface area contributed by atoms with Crippen molar-refractivity contribution in [3.05, 3.63) is 140 Å². The van der Waals surface area contributed by atoms with E-state index in [4.69, 9.17) is 82.7 Å². The highest BCUT2D eigenvalue weighted by atomic mass is 32.2. The number of nitrogens with zero attached hydrogens (tertiary/aromatic N) is 20. The molecule has 8 aliphatic carbocycles. The second-order valence-electron chi connectivity index (χ2n) is 31.5. The fraction of sp³-hybridized carbons (Fsp3) is 0.583. The van der Waals surface area contributed by atoms with Crippen LogP contribution in [-0.4, -0.2) is 334 Å². The Morgan fingerprint density at radius 1 is 0.368 bits per heavy atom. The van der Waals surface area contributed by atoms with Crippen molar-refractivity contribution in [2.45, 2.75) is 298 Å². The maximum atomic E-state index is 14.7. The minimum atomic E-state index is -4.32. The third-order valence-electron chi connectivity index (χ3n) is 21.3. The predicted molar refractivity (Wildman–Crippen MR) is 530 cm³/mol. The van der Waals surface area contributed by atoms with E-state index in [1.807, 2.05) is 20.8 Å². The first kappa shape index (κ1) is 59.6. The van der Waals surface area contributed by atoms with Crippen LogP contribution in [0.4, 0.5) is 40.8 Å². The summed E-state index contributed by atoms with van der Waals surface area (Å²) in [5, 5.41) is 167. The van der Waals surface area contributed by atoms with Gasteiger partial charge in [-0.3, -0.25) is 0 Å². The Balaban J connectivity index is 0.000000168. The Morgan fingerprint density at radius 3 is 0.910 bits per heavy atom. The first-order chi connectivity index (χ1) is 88.2. The van der Waals surface area contributed by atoms with Crippen molar-refractivity contribution < 1.29 is 166 Å². The smallest absolute Gasteiger partial charge is 0.191 e. The monoisotopic (exact) mass is 2120 g/mol. The summed E-state index contributed by atoms with van der Waals surface area (Å²) in [6.07, 6.45) is -62.3. The van der Waals surface area contributed by atoms with Crippen LogP contribution in [0.2, 0.25) is 0 Å². The summed E-state index contributed by atoms with van der Waals surface area (Å²) in [5.41, 5.74) is -7.73. The van der Waals surface area contributed by atoms with Gasteiger partial charge in [0.1, 0.15) is 71.9 Å². The van der Waals surface area contributed by atoms with Crippen molar-refractivity contribution in [3.63, 3.8) is 0 Å². The summed E-state index contributed by atoms with van der Waals surface area (Å²) in [6, 6.07) is -28.2. The molecule has 16 N–H and O–H groups in total. The highest BCUT2D eigenvalue weighted by Crippen LogP contribution is 2.50. The van der Waals surface area contributed by atoms with E-state index >= 15 is 0 Å².